The van der Waals surface area contributed by atoms with E-state index in [2.05, 4.69) is 10.1 Å². The van der Waals surface area contributed by atoms with Gasteiger partial charge in [-0.15, -0.1) is 0 Å². The van der Waals surface area contributed by atoms with Crippen LogP contribution in [0.4, 0.5) is 32.0 Å². The van der Waals surface area contributed by atoms with E-state index in [9.17, 15) is 41.3 Å². The highest BCUT2D eigenvalue weighted by Crippen LogP contribution is 2.38. The van der Waals surface area contributed by atoms with Gasteiger partial charge in [-0.1, -0.05) is 24.3 Å². The van der Waals surface area contributed by atoms with Crippen molar-refractivity contribution in [1.29, 1.82) is 0 Å². The molecule has 4 aromatic carbocycles. The number of nitro benzene ring substituents is 1. The average molecular weight is 692 g/mol. The topological polar surface area (TPSA) is 105 Å². The second-order valence-electron chi connectivity index (χ2n) is 11.1. The largest absolute Gasteiger partial charge is 0.450 e. The second kappa shape index (κ2) is 12.7. The van der Waals surface area contributed by atoms with Gasteiger partial charge in [0.1, 0.15) is 5.75 Å². The molecule has 0 bridgehead atoms. The normalized spacial score (nSPS) is 12.2. The Morgan fingerprint density at radius 2 is 1.52 bits per heavy atom. The van der Waals surface area contributed by atoms with Crippen LogP contribution in [0.2, 0.25) is 0 Å². The van der Waals surface area contributed by atoms with Crippen LogP contribution in [0.5, 0.6) is 11.5 Å². The van der Waals surface area contributed by atoms with Gasteiger partial charge < -0.3 is 9.30 Å². The molecule has 0 N–H and O–H groups in total. The zero-order valence-corrected chi connectivity index (χ0v) is 26.0. The maximum Gasteiger partial charge on any atom is 0.416 e. The smallest absolute Gasteiger partial charge is 0.416 e. The van der Waals surface area contributed by atoms with Gasteiger partial charge in [0.05, 0.1) is 33.2 Å². The van der Waals surface area contributed by atoms with Gasteiger partial charge in [0, 0.05) is 34.3 Å². The van der Waals surface area contributed by atoms with E-state index in [4.69, 9.17) is 4.74 Å². The second-order valence-corrected chi connectivity index (χ2v) is 11.1. The minimum Gasteiger partial charge on any atom is -0.450 e. The van der Waals surface area contributed by atoms with Gasteiger partial charge in [-0.25, -0.2) is 4.98 Å². The van der Waals surface area contributed by atoms with Crippen molar-refractivity contribution in [2.24, 2.45) is 5.10 Å². The summed E-state index contributed by atoms with van der Waals surface area (Å²) in [7, 11) is 0. The van der Waals surface area contributed by atoms with E-state index in [1.807, 2.05) is 4.57 Å². The number of aromatic nitrogens is 3. The summed E-state index contributed by atoms with van der Waals surface area (Å²) in [5.74, 6) is -0.328. The molecule has 0 atom stereocenters. The SMILES string of the molecule is Cc1cc(C=Nn2c(-c3cccc(C(F)(F)F)c3)nc3ccccc3c2=O)c(C)n1-c1ccc(Oc2ccc(C(F)(F)F)cc2[N+](=O)[O-])cc1. The molecule has 0 saturated heterocycles. The van der Waals surface area contributed by atoms with E-state index in [-0.39, 0.29) is 33.8 Å². The first kappa shape index (κ1) is 33.6. The van der Waals surface area contributed by atoms with E-state index < -0.39 is 39.6 Å². The lowest BCUT2D eigenvalue weighted by molar-refractivity contribution is -0.385. The Hall–Kier alpha value is -6.25. The Bertz CT molecular complexity index is 2360. The summed E-state index contributed by atoms with van der Waals surface area (Å²) >= 11 is 0. The van der Waals surface area contributed by atoms with Crippen molar-refractivity contribution in [1.82, 2.24) is 14.2 Å². The Balaban J connectivity index is 1.34. The van der Waals surface area contributed by atoms with Crippen molar-refractivity contribution in [2.75, 3.05) is 0 Å². The lowest BCUT2D eigenvalue weighted by Gasteiger charge is -2.12. The summed E-state index contributed by atoms with van der Waals surface area (Å²) in [6.45, 7) is 3.58. The number of benzene rings is 4. The number of para-hydroxylation sites is 1. The van der Waals surface area contributed by atoms with Gasteiger partial charge in [0.25, 0.3) is 5.56 Å². The molecule has 0 spiro atoms. The molecule has 0 aliphatic heterocycles. The quantitative estimate of drug-likeness (QED) is 0.0719. The van der Waals surface area contributed by atoms with Crippen LogP contribution in [0, 0.1) is 24.0 Å². The predicted molar refractivity (Wildman–Crippen MR) is 173 cm³/mol. The lowest BCUT2D eigenvalue weighted by Crippen LogP contribution is -2.20. The third-order valence-corrected chi connectivity index (χ3v) is 7.79. The van der Waals surface area contributed by atoms with Crippen LogP contribution in [0.15, 0.2) is 107 Å². The van der Waals surface area contributed by atoms with Crippen molar-refractivity contribution in [3.63, 3.8) is 0 Å². The molecule has 0 aliphatic carbocycles. The van der Waals surface area contributed by atoms with Gasteiger partial charge in [-0.2, -0.15) is 36.1 Å². The van der Waals surface area contributed by atoms with Crippen LogP contribution in [0.25, 0.3) is 28.0 Å². The van der Waals surface area contributed by atoms with E-state index in [0.29, 0.717) is 29.1 Å². The summed E-state index contributed by atoms with van der Waals surface area (Å²) in [6, 6.07) is 20.9. The van der Waals surface area contributed by atoms with E-state index >= 15 is 0 Å². The number of nitro groups is 1. The minimum atomic E-state index is -4.77. The molecule has 0 fully saturated rings. The first-order valence-corrected chi connectivity index (χ1v) is 14.7. The van der Waals surface area contributed by atoms with Crippen LogP contribution in [0.3, 0.4) is 0 Å². The molecule has 0 radical (unpaired) electrons. The summed E-state index contributed by atoms with van der Waals surface area (Å²) in [5, 5.41) is 16.1. The van der Waals surface area contributed by atoms with Gasteiger partial charge in [0.15, 0.2) is 5.82 Å². The van der Waals surface area contributed by atoms with Gasteiger partial charge in [0.2, 0.25) is 5.75 Å². The first-order valence-electron chi connectivity index (χ1n) is 14.7. The Labute approximate surface area is 278 Å². The third-order valence-electron chi connectivity index (χ3n) is 7.79. The lowest BCUT2D eigenvalue weighted by atomic mass is 10.1. The summed E-state index contributed by atoms with van der Waals surface area (Å²) in [4.78, 5) is 28.5. The number of ether oxygens (including phenoxy) is 1. The molecule has 0 amide bonds. The van der Waals surface area contributed by atoms with Crippen LogP contribution in [0.1, 0.15) is 28.1 Å². The molecular weight excluding hydrogens is 668 g/mol. The van der Waals surface area contributed by atoms with E-state index in [0.717, 1.165) is 28.6 Å². The standard InChI is InChI=1S/C35H23F6N5O4/c1-20-16-23(19-42-45-32(22-6-5-7-24(17-22)34(36,37)38)43-29-9-4-3-8-28(29)33(45)47)21(2)44(20)26-11-13-27(14-12-26)50-31-15-10-25(35(39,40)41)18-30(31)46(48)49/h3-19H,1-2H3. The number of hydrogen-bond donors (Lipinski definition) is 0. The minimum absolute atomic E-state index is 0.0363. The molecule has 6 aromatic rings. The van der Waals surface area contributed by atoms with Gasteiger partial charge >= 0.3 is 18.0 Å². The van der Waals surface area contributed by atoms with Crippen molar-refractivity contribution < 1.29 is 36.0 Å². The molecule has 6 rings (SSSR count). The highest BCUT2D eigenvalue weighted by atomic mass is 19.4. The highest BCUT2D eigenvalue weighted by Gasteiger charge is 2.34. The molecule has 0 unspecified atom stereocenters. The summed E-state index contributed by atoms with van der Waals surface area (Å²) < 4.78 is 88.2. The summed E-state index contributed by atoms with van der Waals surface area (Å²) in [6.07, 6.45) is -7.99. The van der Waals surface area contributed by atoms with Crippen LogP contribution >= 0.6 is 0 Å². The zero-order chi connectivity index (χ0) is 36.0. The van der Waals surface area contributed by atoms with E-state index in [1.54, 1.807) is 56.3 Å². The number of halogens is 6. The maximum absolute atomic E-state index is 13.6. The van der Waals surface area contributed by atoms with E-state index in [1.165, 1.54) is 30.5 Å². The van der Waals surface area contributed by atoms with Crippen molar-refractivity contribution in [2.45, 2.75) is 26.2 Å². The molecular formula is C35H23F6N5O4. The monoisotopic (exact) mass is 691 g/mol. The van der Waals surface area contributed by atoms with Crippen molar-refractivity contribution >= 4 is 22.8 Å². The number of hydrogen-bond acceptors (Lipinski definition) is 6. The van der Waals surface area contributed by atoms with Gasteiger partial charge in [-0.3, -0.25) is 14.9 Å². The molecule has 254 valence electrons. The maximum atomic E-state index is 13.6. The first-order chi connectivity index (χ1) is 23.6. The number of nitrogens with zero attached hydrogens (tertiary/aromatic N) is 5. The van der Waals surface area contributed by atoms with Crippen LogP contribution < -0.4 is 10.3 Å². The summed E-state index contributed by atoms with van der Waals surface area (Å²) in [5.41, 5.74) is -0.605. The predicted octanol–water partition coefficient (Wildman–Crippen LogP) is 9.09. The number of aryl methyl sites for hydroxylation is 1. The Kier molecular flexibility index (Phi) is 8.51. The average Bonchev–Trinajstić information content (AvgIpc) is 3.35. The van der Waals surface area contributed by atoms with Gasteiger partial charge in [-0.05, 0) is 80.6 Å². The Morgan fingerprint density at radius 1 is 0.840 bits per heavy atom. The fraction of sp³-hybridized carbons (Fsp3) is 0.114. The third kappa shape index (κ3) is 6.57. The fourth-order valence-electron chi connectivity index (χ4n) is 5.40. The highest BCUT2D eigenvalue weighted by molar-refractivity contribution is 5.83. The van der Waals surface area contributed by atoms with Crippen LogP contribution in [-0.4, -0.2) is 25.4 Å². The molecule has 0 saturated carbocycles. The van der Waals surface area contributed by atoms with Crippen molar-refractivity contribution in [3.8, 4) is 28.6 Å². The molecule has 9 nitrogen and oxygen atoms in total. The molecule has 50 heavy (non-hydrogen) atoms. The molecule has 2 heterocycles. The Morgan fingerprint density at radius 3 is 2.20 bits per heavy atom. The van der Waals surface area contributed by atoms with Crippen LogP contribution in [-0.2, 0) is 12.4 Å². The number of fused-ring (bicyclic) bond motifs is 1. The molecule has 0 aliphatic rings. The number of rotatable bonds is 7. The van der Waals surface area contributed by atoms with Crippen molar-refractivity contribution in [3.05, 3.63) is 146 Å². The number of alkyl halides is 6. The molecule has 2 aromatic heterocycles. The zero-order valence-electron chi connectivity index (χ0n) is 26.0. The fourth-order valence-corrected chi connectivity index (χ4v) is 5.40. The molecule has 15 heteroatoms.